The summed E-state index contributed by atoms with van der Waals surface area (Å²) in [5.74, 6) is 0.301. The van der Waals surface area contributed by atoms with Gasteiger partial charge < -0.3 is 19.5 Å². The van der Waals surface area contributed by atoms with Gasteiger partial charge in [0.1, 0.15) is 13.2 Å². The van der Waals surface area contributed by atoms with Crippen molar-refractivity contribution in [3.63, 3.8) is 0 Å². The molecule has 6 heteroatoms. The van der Waals surface area contributed by atoms with Crippen LogP contribution < -0.4 is 14.4 Å². The highest BCUT2D eigenvalue weighted by molar-refractivity contribution is 6.10. The van der Waals surface area contributed by atoms with Crippen molar-refractivity contribution in [3.8, 4) is 11.5 Å². The first kappa shape index (κ1) is 21.2. The minimum atomic E-state index is -1.90. The molecule has 0 saturated carbocycles. The van der Waals surface area contributed by atoms with Crippen LogP contribution in [0.5, 0.6) is 11.5 Å². The lowest BCUT2D eigenvalue weighted by Gasteiger charge is -2.23. The van der Waals surface area contributed by atoms with Crippen LogP contribution in [-0.4, -0.2) is 36.6 Å². The van der Waals surface area contributed by atoms with Crippen LogP contribution in [0.25, 0.3) is 0 Å². The second-order valence-corrected chi connectivity index (χ2v) is 8.38. The molecule has 3 aromatic carbocycles. The standard InChI is InChI=1S/C27H25NO5/c29-23(20-12-13-24-25(17-20)33-16-15-32-24)18-27(31)21-10-4-5-11-22(21)28(26(27)30)14-6-9-19-7-2-1-3-8-19/h1-5,7-8,10-13,17,31H,6,9,14-16,18H2/t27-/m1/s1. The Morgan fingerprint density at radius 2 is 1.67 bits per heavy atom. The number of anilines is 1. The van der Waals surface area contributed by atoms with Crippen LogP contribution in [0.4, 0.5) is 5.69 Å². The quantitative estimate of drug-likeness (QED) is 0.561. The average molecular weight is 443 g/mol. The van der Waals surface area contributed by atoms with Gasteiger partial charge >= 0.3 is 0 Å². The number of aryl methyl sites for hydroxylation is 1. The SMILES string of the molecule is O=C(C[C@]1(O)C(=O)N(CCCc2ccccc2)c2ccccc21)c1ccc2c(c1)OCCO2. The number of carbonyl (C=O) groups excluding carboxylic acids is 2. The summed E-state index contributed by atoms with van der Waals surface area (Å²) in [4.78, 5) is 28.1. The molecule has 0 aliphatic carbocycles. The van der Waals surface area contributed by atoms with E-state index in [1.54, 1.807) is 35.2 Å². The van der Waals surface area contributed by atoms with Crippen molar-refractivity contribution in [2.45, 2.75) is 24.9 Å². The summed E-state index contributed by atoms with van der Waals surface area (Å²) in [6.07, 6.45) is 1.23. The molecule has 0 bridgehead atoms. The van der Waals surface area contributed by atoms with Gasteiger partial charge in [0.05, 0.1) is 12.1 Å². The van der Waals surface area contributed by atoms with Crippen LogP contribution in [0, 0.1) is 0 Å². The number of ketones is 1. The van der Waals surface area contributed by atoms with E-state index in [4.69, 9.17) is 9.47 Å². The van der Waals surface area contributed by atoms with Crippen molar-refractivity contribution in [2.24, 2.45) is 0 Å². The topological polar surface area (TPSA) is 76.1 Å². The van der Waals surface area contributed by atoms with Gasteiger partial charge in [-0.15, -0.1) is 0 Å². The molecule has 3 aromatic rings. The van der Waals surface area contributed by atoms with Gasteiger partial charge in [0, 0.05) is 17.7 Å². The zero-order chi connectivity index (χ0) is 22.8. The minimum absolute atomic E-state index is 0.330. The maximum atomic E-state index is 13.4. The lowest BCUT2D eigenvalue weighted by atomic mass is 9.88. The Bertz CT molecular complexity index is 1190. The summed E-state index contributed by atoms with van der Waals surface area (Å²) < 4.78 is 11.1. The lowest BCUT2D eigenvalue weighted by Crippen LogP contribution is -2.42. The van der Waals surface area contributed by atoms with E-state index < -0.39 is 11.5 Å². The molecule has 2 heterocycles. The summed E-state index contributed by atoms with van der Waals surface area (Å²) in [5.41, 5.74) is 0.809. The number of fused-ring (bicyclic) bond motifs is 2. The first-order valence-corrected chi connectivity index (χ1v) is 11.2. The van der Waals surface area contributed by atoms with Gasteiger partial charge in [-0.3, -0.25) is 9.59 Å². The van der Waals surface area contributed by atoms with Gasteiger partial charge in [0.25, 0.3) is 5.91 Å². The molecule has 0 fully saturated rings. The summed E-state index contributed by atoms with van der Waals surface area (Å²) in [6, 6.07) is 22.2. The summed E-state index contributed by atoms with van der Waals surface area (Å²) >= 11 is 0. The first-order valence-electron chi connectivity index (χ1n) is 11.2. The highest BCUT2D eigenvalue weighted by Crippen LogP contribution is 2.43. The number of benzene rings is 3. The second kappa shape index (κ2) is 8.71. The molecule has 0 aromatic heterocycles. The predicted molar refractivity (Wildman–Crippen MR) is 124 cm³/mol. The zero-order valence-electron chi connectivity index (χ0n) is 18.2. The fourth-order valence-corrected chi connectivity index (χ4v) is 4.54. The third-order valence-electron chi connectivity index (χ3n) is 6.21. The van der Waals surface area contributed by atoms with Gasteiger partial charge in [-0.2, -0.15) is 0 Å². The second-order valence-electron chi connectivity index (χ2n) is 8.38. The van der Waals surface area contributed by atoms with Crippen molar-refractivity contribution in [1.82, 2.24) is 0 Å². The Labute approximate surface area is 192 Å². The summed E-state index contributed by atoms with van der Waals surface area (Å²) in [6.45, 7) is 1.34. The zero-order valence-corrected chi connectivity index (χ0v) is 18.2. The highest BCUT2D eigenvalue weighted by Gasteiger charge is 2.50. The number of Topliss-reactive ketones (excluding diaryl/α,β-unsaturated/α-hetero) is 1. The molecular weight excluding hydrogens is 418 g/mol. The van der Waals surface area contributed by atoms with E-state index in [-0.39, 0.29) is 12.2 Å². The molecule has 6 nitrogen and oxygen atoms in total. The maximum Gasteiger partial charge on any atom is 0.264 e. The normalized spacial score (nSPS) is 18.8. The number of ether oxygens (including phenoxy) is 2. The van der Waals surface area contributed by atoms with Gasteiger partial charge in [-0.05, 0) is 42.7 Å². The number of hydrogen-bond acceptors (Lipinski definition) is 5. The van der Waals surface area contributed by atoms with Crippen LogP contribution >= 0.6 is 0 Å². The molecule has 0 radical (unpaired) electrons. The predicted octanol–water partition coefficient (Wildman–Crippen LogP) is 3.90. The Morgan fingerprint density at radius 3 is 2.48 bits per heavy atom. The van der Waals surface area contributed by atoms with Gasteiger partial charge in [0.2, 0.25) is 0 Å². The molecule has 2 aliphatic heterocycles. The number of nitrogens with zero attached hydrogens (tertiary/aromatic N) is 1. The van der Waals surface area contributed by atoms with Crippen LogP contribution in [-0.2, 0) is 16.8 Å². The van der Waals surface area contributed by atoms with Gasteiger partial charge in [0.15, 0.2) is 22.9 Å². The number of rotatable bonds is 7. The van der Waals surface area contributed by atoms with Crippen LogP contribution in [0.15, 0.2) is 72.8 Å². The van der Waals surface area contributed by atoms with Crippen molar-refractivity contribution < 1.29 is 24.2 Å². The summed E-state index contributed by atoms with van der Waals surface area (Å²) in [5, 5.41) is 11.5. The molecule has 2 aliphatic rings. The van der Waals surface area contributed by atoms with E-state index in [2.05, 4.69) is 12.1 Å². The molecule has 33 heavy (non-hydrogen) atoms. The summed E-state index contributed by atoms with van der Waals surface area (Å²) in [7, 11) is 0. The molecular formula is C27H25NO5. The van der Waals surface area contributed by atoms with Crippen molar-refractivity contribution in [3.05, 3.63) is 89.5 Å². The number of carbonyl (C=O) groups is 2. The number of hydrogen-bond donors (Lipinski definition) is 1. The van der Waals surface area contributed by atoms with E-state index >= 15 is 0 Å². The van der Waals surface area contributed by atoms with Gasteiger partial charge in [-0.1, -0.05) is 48.5 Å². The van der Waals surface area contributed by atoms with E-state index in [0.29, 0.717) is 48.1 Å². The molecule has 1 amide bonds. The minimum Gasteiger partial charge on any atom is -0.486 e. The van der Waals surface area contributed by atoms with Crippen LogP contribution in [0.2, 0.25) is 0 Å². The Kier molecular flexibility index (Phi) is 5.60. The number of aliphatic hydroxyl groups is 1. The molecule has 1 N–H and O–H groups in total. The molecule has 0 saturated heterocycles. The first-order chi connectivity index (χ1) is 16.1. The highest BCUT2D eigenvalue weighted by atomic mass is 16.6. The van der Waals surface area contributed by atoms with E-state index in [0.717, 1.165) is 12.8 Å². The van der Waals surface area contributed by atoms with Gasteiger partial charge in [-0.25, -0.2) is 0 Å². The molecule has 5 rings (SSSR count). The molecule has 0 unspecified atom stereocenters. The molecule has 1 atom stereocenters. The third kappa shape index (κ3) is 3.98. The Morgan fingerprint density at radius 1 is 0.939 bits per heavy atom. The maximum absolute atomic E-state index is 13.4. The largest absolute Gasteiger partial charge is 0.486 e. The average Bonchev–Trinajstić information content (AvgIpc) is 3.06. The molecule has 0 spiro atoms. The van der Waals surface area contributed by atoms with Crippen molar-refractivity contribution in [2.75, 3.05) is 24.7 Å². The van der Waals surface area contributed by atoms with Crippen LogP contribution in [0.3, 0.4) is 0 Å². The van der Waals surface area contributed by atoms with E-state index in [9.17, 15) is 14.7 Å². The lowest BCUT2D eigenvalue weighted by molar-refractivity contribution is -0.135. The monoisotopic (exact) mass is 443 g/mol. The number of amides is 1. The Balaban J connectivity index is 1.35. The Hall–Kier alpha value is -3.64. The van der Waals surface area contributed by atoms with Crippen LogP contribution in [0.1, 0.15) is 34.3 Å². The number of para-hydroxylation sites is 1. The smallest absolute Gasteiger partial charge is 0.264 e. The fraction of sp³-hybridized carbons (Fsp3) is 0.259. The van der Waals surface area contributed by atoms with Crippen molar-refractivity contribution >= 4 is 17.4 Å². The van der Waals surface area contributed by atoms with E-state index in [1.807, 2.05) is 30.3 Å². The fourth-order valence-electron chi connectivity index (χ4n) is 4.54. The van der Waals surface area contributed by atoms with E-state index in [1.165, 1.54) is 5.56 Å². The third-order valence-corrected chi connectivity index (χ3v) is 6.21. The molecule has 168 valence electrons. The van der Waals surface area contributed by atoms with Crippen molar-refractivity contribution in [1.29, 1.82) is 0 Å².